The van der Waals surface area contributed by atoms with Gasteiger partial charge in [-0.3, -0.25) is 9.59 Å². The van der Waals surface area contributed by atoms with Crippen LogP contribution in [-0.2, 0) is 42.8 Å². The maximum Gasteiger partial charge on any atom is 0.364 e. The highest BCUT2D eigenvalue weighted by Gasteiger charge is 2.60. The van der Waals surface area contributed by atoms with Gasteiger partial charge in [0.05, 0.1) is 50.7 Å². The molecule has 3 saturated heterocycles. The number of nitrogens with one attached hydrogen (secondary N) is 2. The molecule has 2 amide bonds. The van der Waals surface area contributed by atoms with Crippen LogP contribution in [0.2, 0.25) is 0 Å². The molecular formula is C57H104N2O21. The number of carboxylic acid groups (broad SMARTS) is 1. The van der Waals surface area contributed by atoms with Crippen molar-refractivity contribution >= 4 is 17.8 Å². The molecule has 468 valence electrons. The van der Waals surface area contributed by atoms with Gasteiger partial charge >= 0.3 is 5.97 Å². The average Bonchev–Trinajstić information content (AvgIpc) is 3.54. The summed E-state index contributed by atoms with van der Waals surface area (Å²) in [7, 11) is 0. The molecule has 0 radical (unpaired) electrons. The Kier molecular flexibility index (Phi) is 35.8. The first-order valence-electron chi connectivity index (χ1n) is 30.0. The maximum atomic E-state index is 13.3. The fourth-order valence-corrected chi connectivity index (χ4v) is 10.6. The number of hydrogen-bond donors (Lipinski definition) is 14. The van der Waals surface area contributed by atoms with Crippen LogP contribution in [0.5, 0.6) is 0 Å². The van der Waals surface area contributed by atoms with Gasteiger partial charge in [0.25, 0.3) is 5.79 Å². The van der Waals surface area contributed by atoms with Crippen LogP contribution in [-0.4, -0.2) is 215 Å². The van der Waals surface area contributed by atoms with E-state index >= 15 is 0 Å². The third-order valence-corrected chi connectivity index (χ3v) is 15.5. The fourth-order valence-electron chi connectivity index (χ4n) is 10.6. The topological polar surface area (TPSA) is 373 Å². The largest absolute Gasteiger partial charge is 0.477 e. The van der Waals surface area contributed by atoms with Gasteiger partial charge in [0.15, 0.2) is 12.6 Å². The number of carbonyl (C=O) groups is 3. The number of unbranched alkanes of at least 4 members (excludes halogenated alkanes) is 21. The van der Waals surface area contributed by atoms with Crippen molar-refractivity contribution in [3.63, 3.8) is 0 Å². The van der Waals surface area contributed by atoms with Crippen molar-refractivity contribution in [3.8, 4) is 0 Å². The minimum Gasteiger partial charge on any atom is -0.477 e. The predicted octanol–water partition coefficient (Wildman–Crippen LogP) is 2.39. The number of aliphatic hydroxyl groups excluding tert-OH is 11. The highest BCUT2D eigenvalue weighted by molar-refractivity contribution is 5.77. The summed E-state index contributed by atoms with van der Waals surface area (Å²) in [6, 6.07) is -2.54. The summed E-state index contributed by atoms with van der Waals surface area (Å²) >= 11 is 0. The van der Waals surface area contributed by atoms with E-state index in [0.29, 0.717) is 25.7 Å². The molecule has 3 aliphatic heterocycles. The van der Waals surface area contributed by atoms with Gasteiger partial charge in [-0.25, -0.2) is 4.79 Å². The van der Waals surface area contributed by atoms with Gasteiger partial charge in [-0.05, 0) is 32.1 Å². The lowest BCUT2D eigenvalue weighted by Crippen LogP contribution is -2.70. The number of aliphatic hydroxyl groups is 11. The molecule has 0 aromatic heterocycles. The molecule has 23 heteroatoms. The number of rotatable bonds is 43. The number of ether oxygens (including phenoxy) is 6. The molecule has 0 aromatic rings. The van der Waals surface area contributed by atoms with Crippen LogP contribution in [0.25, 0.3) is 0 Å². The van der Waals surface area contributed by atoms with Crippen LogP contribution in [0, 0.1) is 0 Å². The SMILES string of the molecule is CCCCCC/C=C\CCCC(=O)NC(COC1OC(CO)C(OC2OC(CO)C(O)C(OC3(C(=O)O)CC(O)C(NC(C)=O)C(C(O)C(O)CO)O3)C2O)C(O)C1O)C(O)CCCCCCCCCCCCCCCCCCC. The lowest BCUT2D eigenvalue weighted by atomic mass is 9.88. The lowest BCUT2D eigenvalue weighted by molar-refractivity contribution is -0.386. The van der Waals surface area contributed by atoms with Crippen molar-refractivity contribution < 1.29 is 104 Å². The van der Waals surface area contributed by atoms with E-state index in [0.717, 1.165) is 51.9 Å². The second-order valence-corrected chi connectivity index (χ2v) is 22.2. The van der Waals surface area contributed by atoms with E-state index < -0.39 is 148 Å². The van der Waals surface area contributed by atoms with Crippen molar-refractivity contribution in [2.45, 2.75) is 304 Å². The number of allylic oxidation sites excluding steroid dienone is 2. The Bertz CT molecular complexity index is 1700. The second-order valence-electron chi connectivity index (χ2n) is 22.2. The molecule has 3 rings (SSSR count). The van der Waals surface area contributed by atoms with Gasteiger partial charge in [-0.15, -0.1) is 0 Å². The molecule has 3 heterocycles. The Balaban J connectivity index is 1.66. The van der Waals surface area contributed by atoms with E-state index in [1.54, 1.807) is 0 Å². The molecule has 0 bridgehead atoms. The van der Waals surface area contributed by atoms with Crippen LogP contribution < -0.4 is 10.6 Å². The molecule has 0 spiro atoms. The minimum atomic E-state index is -3.08. The number of amides is 2. The summed E-state index contributed by atoms with van der Waals surface area (Å²) in [5.74, 6) is -6.14. The average molecular weight is 1150 g/mol. The van der Waals surface area contributed by atoms with E-state index in [2.05, 4.69) is 36.6 Å². The predicted molar refractivity (Wildman–Crippen MR) is 292 cm³/mol. The van der Waals surface area contributed by atoms with Crippen molar-refractivity contribution in [3.05, 3.63) is 12.2 Å². The Hall–Kier alpha value is -2.53. The lowest BCUT2D eigenvalue weighted by Gasteiger charge is -2.50. The van der Waals surface area contributed by atoms with Crippen molar-refractivity contribution in [1.29, 1.82) is 0 Å². The second kappa shape index (κ2) is 39.9. The number of hydrogen-bond acceptors (Lipinski definition) is 20. The minimum absolute atomic E-state index is 0.175. The summed E-state index contributed by atoms with van der Waals surface area (Å²) in [4.78, 5) is 38.3. The zero-order chi connectivity index (χ0) is 59.0. The molecule has 18 unspecified atom stereocenters. The highest BCUT2D eigenvalue weighted by atomic mass is 16.8. The summed E-state index contributed by atoms with van der Waals surface area (Å²) in [5, 5.41) is 135. The molecule has 80 heavy (non-hydrogen) atoms. The Morgan fingerprint density at radius 2 is 1.16 bits per heavy atom. The van der Waals surface area contributed by atoms with E-state index in [1.807, 2.05) is 0 Å². The zero-order valence-corrected chi connectivity index (χ0v) is 47.9. The van der Waals surface area contributed by atoms with Crippen molar-refractivity contribution in [2.75, 3.05) is 26.4 Å². The van der Waals surface area contributed by atoms with Gasteiger partial charge in [0.1, 0.15) is 67.1 Å². The molecule has 14 N–H and O–H groups in total. The standard InChI is InChI=1S/C57H104N2O21/c1-4-6-8-10-12-14-15-16-17-18-19-20-21-23-24-26-28-30-39(64)38(59-44(67)31-29-27-25-22-13-11-9-7-5-2)36-75-54-49(71)48(70)51(43(35-62)77-54)78-55-50(72)53(47(69)42(34-61)76-55)80-57(56(73)74)32-40(65)45(58-37(3)63)52(79-57)46(68)41(66)33-60/h22,25,38-43,45-55,60-62,64-66,68-72H,4-21,23-24,26-36H2,1-3H3,(H,58,63)(H,59,67)(H,73,74)/b25-22-. The smallest absolute Gasteiger partial charge is 0.364 e. The number of carbonyl (C=O) groups excluding carboxylic acids is 2. The molecular weight excluding hydrogens is 1050 g/mol. The summed E-state index contributed by atoms with van der Waals surface area (Å²) < 4.78 is 34.7. The van der Waals surface area contributed by atoms with Gasteiger partial charge in [0, 0.05) is 19.8 Å². The van der Waals surface area contributed by atoms with E-state index in [-0.39, 0.29) is 18.9 Å². The first-order valence-corrected chi connectivity index (χ1v) is 30.0. The summed E-state index contributed by atoms with van der Waals surface area (Å²) in [5.41, 5.74) is 0. The zero-order valence-electron chi connectivity index (χ0n) is 47.9. The maximum absolute atomic E-state index is 13.3. The van der Waals surface area contributed by atoms with Crippen molar-refractivity contribution in [1.82, 2.24) is 10.6 Å². The van der Waals surface area contributed by atoms with Crippen LogP contribution >= 0.6 is 0 Å². The number of aliphatic carboxylic acids is 1. The molecule has 3 fully saturated rings. The third-order valence-electron chi connectivity index (χ3n) is 15.5. The van der Waals surface area contributed by atoms with E-state index in [1.165, 1.54) is 89.9 Å². The highest BCUT2D eigenvalue weighted by Crippen LogP contribution is 2.38. The van der Waals surface area contributed by atoms with Crippen molar-refractivity contribution in [2.24, 2.45) is 0 Å². The Labute approximate surface area is 473 Å². The Morgan fingerprint density at radius 3 is 1.69 bits per heavy atom. The first kappa shape index (κ1) is 71.7. The molecule has 3 aliphatic rings. The fraction of sp³-hybridized carbons (Fsp3) is 0.912. The quantitative estimate of drug-likeness (QED) is 0.0308. The monoisotopic (exact) mass is 1150 g/mol. The molecule has 23 nitrogen and oxygen atoms in total. The normalized spacial score (nSPS) is 30.7. The first-order chi connectivity index (χ1) is 38.4. The number of carboxylic acids is 1. The van der Waals surface area contributed by atoms with Gasteiger partial charge in [-0.1, -0.05) is 154 Å². The Morgan fingerprint density at radius 1 is 0.637 bits per heavy atom. The van der Waals surface area contributed by atoms with Crippen LogP contribution in [0.3, 0.4) is 0 Å². The van der Waals surface area contributed by atoms with Gasteiger partial charge in [-0.2, -0.15) is 0 Å². The van der Waals surface area contributed by atoms with Crippen LogP contribution in [0.4, 0.5) is 0 Å². The van der Waals surface area contributed by atoms with E-state index in [4.69, 9.17) is 28.4 Å². The molecule has 0 aliphatic carbocycles. The summed E-state index contributed by atoms with van der Waals surface area (Å²) in [6.07, 6.45) is 2.73. The van der Waals surface area contributed by atoms with Crippen LogP contribution in [0.15, 0.2) is 12.2 Å². The van der Waals surface area contributed by atoms with Gasteiger partial charge in [0.2, 0.25) is 11.8 Å². The molecule has 0 aromatic carbocycles. The van der Waals surface area contributed by atoms with E-state index in [9.17, 15) is 75.7 Å². The molecule has 0 saturated carbocycles. The summed E-state index contributed by atoms with van der Waals surface area (Å²) in [6.45, 7) is 2.10. The van der Waals surface area contributed by atoms with Gasteiger partial charge < -0.3 is 100 Å². The molecule has 18 atom stereocenters. The van der Waals surface area contributed by atoms with Crippen LogP contribution in [0.1, 0.15) is 194 Å². The third kappa shape index (κ3) is 24.2.